The zero-order valence-corrected chi connectivity index (χ0v) is 15.9. The lowest BCUT2D eigenvalue weighted by atomic mass is 10.0. The van der Waals surface area contributed by atoms with Gasteiger partial charge in [-0.3, -0.25) is 0 Å². The van der Waals surface area contributed by atoms with Gasteiger partial charge >= 0.3 is 12.1 Å². The Labute approximate surface area is 172 Å². The fourth-order valence-corrected chi connectivity index (χ4v) is 2.72. The Balaban J connectivity index is 1.63. The fourth-order valence-electron chi connectivity index (χ4n) is 2.72. The van der Waals surface area contributed by atoms with E-state index in [2.05, 4.69) is 11.3 Å². The number of halogens is 3. The minimum Gasteiger partial charge on any atom is -0.489 e. The van der Waals surface area contributed by atoms with Gasteiger partial charge in [0.05, 0.1) is 5.56 Å². The molecule has 0 aliphatic carbocycles. The van der Waals surface area contributed by atoms with Crippen LogP contribution in [-0.4, -0.2) is 18.2 Å². The van der Waals surface area contributed by atoms with Crippen molar-refractivity contribution in [3.63, 3.8) is 0 Å². The Bertz CT molecular complexity index is 979. The maximum absolute atomic E-state index is 12.7. The average molecular weight is 412 g/mol. The molecule has 0 bridgehead atoms. The first-order chi connectivity index (χ1) is 14.4. The second kappa shape index (κ2) is 9.31. The number of hydrogen-bond donors (Lipinski definition) is 0. The molecule has 6 heteroatoms. The standard InChI is InChI=1S/C24H19F3O3/c1-2-22(24(25,26)27)30-23(28)20-10-8-18(9-11-20)19-12-14-21(15-13-19)29-16-17-6-4-3-5-7-17/h2-15,22H,1,16H2. The number of carbonyl (C=O) groups is 1. The number of carbonyl (C=O) groups excluding carboxylic acids is 1. The molecule has 3 aromatic carbocycles. The zero-order valence-electron chi connectivity index (χ0n) is 15.9. The molecule has 3 nitrogen and oxygen atoms in total. The van der Waals surface area contributed by atoms with Crippen molar-refractivity contribution in [2.24, 2.45) is 0 Å². The number of rotatable bonds is 7. The van der Waals surface area contributed by atoms with Crippen LogP contribution in [0, 0.1) is 0 Å². The van der Waals surface area contributed by atoms with Crippen LogP contribution in [0.25, 0.3) is 11.1 Å². The van der Waals surface area contributed by atoms with Gasteiger partial charge in [-0.1, -0.05) is 61.2 Å². The Morgan fingerprint density at radius 3 is 2.00 bits per heavy atom. The predicted molar refractivity (Wildman–Crippen MR) is 108 cm³/mol. The molecule has 0 N–H and O–H groups in total. The number of benzene rings is 3. The van der Waals surface area contributed by atoms with Crippen LogP contribution in [0.3, 0.4) is 0 Å². The number of ether oxygens (including phenoxy) is 2. The summed E-state index contributed by atoms with van der Waals surface area (Å²) in [5, 5.41) is 0. The van der Waals surface area contributed by atoms with Crippen LogP contribution in [0.4, 0.5) is 13.2 Å². The molecule has 154 valence electrons. The molecule has 1 atom stereocenters. The van der Waals surface area contributed by atoms with Crippen LogP contribution in [0.1, 0.15) is 15.9 Å². The monoisotopic (exact) mass is 412 g/mol. The molecule has 0 saturated heterocycles. The molecule has 1 unspecified atom stereocenters. The molecule has 0 heterocycles. The third-order valence-electron chi connectivity index (χ3n) is 4.33. The van der Waals surface area contributed by atoms with E-state index in [1.165, 1.54) is 12.1 Å². The molecule has 0 spiro atoms. The Hall–Kier alpha value is -3.54. The minimum absolute atomic E-state index is 0.0256. The van der Waals surface area contributed by atoms with E-state index in [-0.39, 0.29) is 5.56 Å². The van der Waals surface area contributed by atoms with Gasteiger partial charge in [0.2, 0.25) is 6.10 Å². The van der Waals surface area contributed by atoms with E-state index < -0.39 is 18.2 Å². The first-order valence-corrected chi connectivity index (χ1v) is 9.14. The van der Waals surface area contributed by atoms with Crippen LogP contribution < -0.4 is 4.74 Å². The van der Waals surface area contributed by atoms with Crippen LogP contribution in [0.2, 0.25) is 0 Å². The second-order valence-corrected chi connectivity index (χ2v) is 6.48. The SMILES string of the molecule is C=CC(OC(=O)c1ccc(-c2ccc(OCc3ccccc3)cc2)cc1)C(F)(F)F. The van der Waals surface area contributed by atoms with Gasteiger partial charge in [0.25, 0.3) is 0 Å². The van der Waals surface area contributed by atoms with Crippen molar-refractivity contribution in [1.29, 1.82) is 0 Å². The Kier molecular flexibility index (Phi) is 6.57. The Morgan fingerprint density at radius 1 is 0.900 bits per heavy atom. The van der Waals surface area contributed by atoms with Crippen LogP contribution in [-0.2, 0) is 11.3 Å². The van der Waals surface area contributed by atoms with Gasteiger partial charge in [0, 0.05) is 0 Å². The molecule has 0 aromatic heterocycles. The summed E-state index contributed by atoms with van der Waals surface area (Å²) in [5.41, 5.74) is 2.77. The lowest BCUT2D eigenvalue weighted by molar-refractivity contribution is -0.188. The van der Waals surface area contributed by atoms with Crippen molar-refractivity contribution >= 4 is 5.97 Å². The molecule has 0 amide bonds. The molecule has 3 rings (SSSR count). The van der Waals surface area contributed by atoms with Gasteiger partial charge in [-0.25, -0.2) is 4.79 Å². The van der Waals surface area contributed by atoms with Crippen LogP contribution in [0.5, 0.6) is 5.75 Å². The highest BCUT2D eigenvalue weighted by atomic mass is 19.4. The fraction of sp³-hybridized carbons (Fsp3) is 0.125. The summed E-state index contributed by atoms with van der Waals surface area (Å²) in [6, 6.07) is 23.3. The molecule has 0 aliphatic heterocycles. The molecule has 30 heavy (non-hydrogen) atoms. The zero-order chi connectivity index (χ0) is 21.6. The lowest BCUT2D eigenvalue weighted by Crippen LogP contribution is -2.31. The van der Waals surface area contributed by atoms with Crippen molar-refractivity contribution in [2.75, 3.05) is 0 Å². The normalized spacial score (nSPS) is 12.1. The average Bonchev–Trinajstić information content (AvgIpc) is 2.76. The van der Waals surface area contributed by atoms with E-state index >= 15 is 0 Å². The molecular weight excluding hydrogens is 393 g/mol. The second-order valence-electron chi connectivity index (χ2n) is 6.48. The number of hydrogen-bond acceptors (Lipinski definition) is 3. The summed E-state index contributed by atoms with van der Waals surface area (Å²) in [4.78, 5) is 12.0. The van der Waals surface area contributed by atoms with E-state index in [4.69, 9.17) is 4.74 Å². The van der Waals surface area contributed by atoms with Gasteiger partial charge < -0.3 is 9.47 Å². The molecular formula is C24H19F3O3. The quantitative estimate of drug-likeness (QED) is 0.342. The first kappa shape index (κ1) is 21.2. The van der Waals surface area contributed by atoms with Crippen molar-refractivity contribution in [3.8, 4) is 16.9 Å². The van der Waals surface area contributed by atoms with Gasteiger partial charge in [-0.15, -0.1) is 0 Å². The molecule has 0 fully saturated rings. The smallest absolute Gasteiger partial charge is 0.429 e. The Morgan fingerprint density at radius 2 is 1.47 bits per heavy atom. The summed E-state index contributed by atoms with van der Waals surface area (Å²) in [5.74, 6) is -0.348. The molecule has 0 aliphatic rings. The summed E-state index contributed by atoms with van der Waals surface area (Å²) < 4.78 is 48.3. The van der Waals surface area contributed by atoms with Gasteiger partial charge in [-0.05, 0) is 47.0 Å². The van der Waals surface area contributed by atoms with E-state index in [1.54, 1.807) is 12.1 Å². The van der Waals surface area contributed by atoms with Gasteiger partial charge in [-0.2, -0.15) is 13.2 Å². The topological polar surface area (TPSA) is 35.5 Å². The summed E-state index contributed by atoms with van der Waals surface area (Å²) >= 11 is 0. The third kappa shape index (κ3) is 5.50. The van der Waals surface area contributed by atoms with Crippen molar-refractivity contribution in [1.82, 2.24) is 0 Å². The number of alkyl halides is 3. The highest BCUT2D eigenvalue weighted by molar-refractivity contribution is 5.90. The van der Waals surface area contributed by atoms with Crippen molar-refractivity contribution in [2.45, 2.75) is 18.9 Å². The maximum atomic E-state index is 12.7. The van der Waals surface area contributed by atoms with Gasteiger partial charge in [0.15, 0.2) is 0 Å². The van der Waals surface area contributed by atoms with E-state index in [9.17, 15) is 18.0 Å². The van der Waals surface area contributed by atoms with Crippen molar-refractivity contribution < 1.29 is 27.4 Å². The minimum atomic E-state index is -4.69. The van der Waals surface area contributed by atoms with E-state index in [1.807, 2.05) is 54.6 Å². The molecule has 0 radical (unpaired) electrons. The lowest BCUT2D eigenvalue weighted by Gasteiger charge is -2.17. The maximum Gasteiger partial charge on any atom is 0.429 e. The van der Waals surface area contributed by atoms with Crippen LogP contribution in [0.15, 0.2) is 91.5 Å². The highest BCUT2D eigenvalue weighted by Crippen LogP contribution is 2.26. The molecule has 3 aromatic rings. The van der Waals surface area contributed by atoms with E-state index in [0.717, 1.165) is 16.7 Å². The highest BCUT2D eigenvalue weighted by Gasteiger charge is 2.40. The third-order valence-corrected chi connectivity index (χ3v) is 4.33. The largest absolute Gasteiger partial charge is 0.489 e. The number of esters is 1. The summed E-state index contributed by atoms with van der Waals surface area (Å²) in [6.45, 7) is 3.52. The predicted octanol–water partition coefficient (Wildman–Crippen LogP) is 6.21. The molecule has 0 saturated carbocycles. The van der Waals surface area contributed by atoms with E-state index in [0.29, 0.717) is 18.4 Å². The first-order valence-electron chi connectivity index (χ1n) is 9.14. The van der Waals surface area contributed by atoms with Gasteiger partial charge in [0.1, 0.15) is 12.4 Å². The summed E-state index contributed by atoms with van der Waals surface area (Å²) in [7, 11) is 0. The van der Waals surface area contributed by atoms with Crippen molar-refractivity contribution in [3.05, 3.63) is 103 Å². The van der Waals surface area contributed by atoms with Crippen LogP contribution >= 0.6 is 0 Å². The summed E-state index contributed by atoms with van der Waals surface area (Å²) in [6.07, 6.45) is -6.48.